The first-order valence-electron chi connectivity index (χ1n) is 8.39. The molecule has 23 heavy (non-hydrogen) atoms. The number of nitrogens with one attached hydrogen (secondary N) is 1. The van der Waals surface area contributed by atoms with Crippen LogP contribution in [0.25, 0.3) is 5.69 Å². The van der Waals surface area contributed by atoms with E-state index in [-0.39, 0.29) is 0 Å². The lowest BCUT2D eigenvalue weighted by Gasteiger charge is -2.10. The average molecular weight is 334 g/mol. The molecule has 0 unspecified atom stereocenters. The van der Waals surface area contributed by atoms with E-state index in [4.69, 9.17) is 21.4 Å². The predicted octanol–water partition coefficient (Wildman–Crippen LogP) is 4.16. The zero-order valence-corrected chi connectivity index (χ0v) is 14.6. The number of ether oxygens (including phenoxy) is 1. The van der Waals surface area contributed by atoms with Crippen LogP contribution in [0.1, 0.15) is 36.6 Å². The van der Waals surface area contributed by atoms with Gasteiger partial charge in [0.05, 0.1) is 18.0 Å². The molecule has 0 spiro atoms. The Morgan fingerprint density at radius 1 is 1.35 bits per heavy atom. The summed E-state index contributed by atoms with van der Waals surface area (Å²) in [5, 5.41) is 9.19. The molecule has 0 bridgehead atoms. The first-order valence-corrected chi connectivity index (χ1v) is 8.77. The fourth-order valence-corrected chi connectivity index (χ4v) is 3.16. The first-order chi connectivity index (χ1) is 11.2. The molecular formula is C18H24ClN3O. The molecule has 0 fully saturated rings. The number of aromatic nitrogens is 2. The molecule has 124 valence electrons. The Morgan fingerprint density at radius 2 is 2.22 bits per heavy atom. The van der Waals surface area contributed by atoms with Gasteiger partial charge < -0.3 is 10.1 Å². The molecule has 0 saturated carbocycles. The second-order valence-corrected chi connectivity index (χ2v) is 6.36. The number of hydrogen-bond donors (Lipinski definition) is 1. The molecule has 2 heterocycles. The third kappa shape index (κ3) is 3.54. The molecule has 0 aliphatic carbocycles. The Bertz CT molecular complexity index is 681. The lowest BCUT2D eigenvalue weighted by Crippen LogP contribution is -2.07. The van der Waals surface area contributed by atoms with Crippen LogP contribution in [0.3, 0.4) is 0 Å². The van der Waals surface area contributed by atoms with E-state index in [1.165, 1.54) is 18.4 Å². The van der Waals surface area contributed by atoms with Gasteiger partial charge in [0.1, 0.15) is 5.82 Å². The maximum Gasteiger partial charge on any atom is 0.133 e. The van der Waals surface area contributed by atoms with Gasteiger partial charge in [-0.2, -0.15) is 5.10 Å². The highest BCUT2D eigenvalue weighted by atomic mass is 35.5. The van der Waals surface area contributed by atoms with Gasteiger partial charge in [-0.1, -0.05) is 17.7 Å². The van der Waals surface area contributed by atoms with E-state index in [1.54, 1.807) is 0 Å². The van der Waals surface area contributed by atoms with Gasteiger partial charge in [-0.3, -0.25) is 0 Å². The summed E-state index contributed by atoms with van der Waals surface area (Å²) >= 11 is 6.31. The highest BCUT2D eigenvalue weighted by Crippen LogP contribution is 2.29. The monoisotopic (exact) mass is 333 g/mol. The fraction of sp³-hybridized carbons (Fsp3) is 0.500. The minimum Gasteiger partial charge on any atom is -0.381 e. The quantitative estimate of drug-likeness (QED) is 0.835. The lowest BCUT2D eigenvalue weighted by molar-refractivity contribution is 0.150. The van der Waals surface area contributed by atoms with Crippen LogP contribution >= 0.6 is 11.6 Å². The Morgan fingerprint density at radius 3 is 3.00 bits per heavy atom. The molecule has 1 aromatic heterocycles. The third-order valence-corrected chi connectivity index (χ3v) is 4.71. The number of hydrogen-bond acceptors (Lipinski definition) is 3. The molecule has 3 rings (SSSR count). The van der Waals surface area contributed by atoms with Gasteiger partial charge in [0, 0.05) is 30.2 Å². The summed E-state index contributed by atoms with van der Waals surface area (Å²) in [6.07, 6.45) is 4.31. The van der Waals surface area contributed by atoms with Gasteiger partial charge in [0.25, 0.3) is 0 Å². The van der Waals surface area contributed by atoms with Crippen molar-refractivity contribution in [2.75, 3.05) is 25.1 Å². The molecule has 1 aliphatic rings. The van der Waals surface area contributed by atoms with Gasteiger partial charge in [-0.15, -0.1) is 0 Å². The Kier molecular flexibility index (Phi) is 5.23. The molecule has 2 aromatic rings. The summed E-state index contributed by atoms with van der Waals surface area (Å²) in [5.41, 5.74) is 4.56. The van der Waals surface area contributed by atoms with Gasteiger partial charge in [0.15, 0.2) is 0 Å². The van der Waals surface area contributed by atoms with E-state index in [2.05, 4.69) is 11.4 Å². The minimum atomic E-state index is 0.717. The van der Waals surface area contributed by atoms with Crippen molar-refractivity contribution in [1.29, 1.82) is 0 Å². The van der Waals surface area contributed by atoms with Crippen LogP contribution in [0.5, 0.6) is 0 Å². The molecule has 1 aromatic carbocycles. The molecule has 0 atom stereocenters. The van der Waals surface area contributed by atoms with E-state index in [0.29, 0.717) is 6.61 Å². The van der Waals surface area contributed by atoms with Crippen LogP contribution in [-0.2, 0) is 17.6 Å². The van der Waals surface area contributed by atoms with Crippen molar-refractivity contribution in [2.45, 2.75) is 39.5 Å². The summed E-state index contributed by atoms with van der Waals surface area (Å²) in [6.45, 7) is 6.49. The van der Waals surface area contributed by atoms with Crippen LogP contribution in [0.15, 0.2) is 18.2 Å². The number of nitrogens with zero attached hydrogens (tertiary/aromatic N) is 2. The Labute approximate surface area is 142 Å². The Hall–Kier alpha value is -1.52. The average Bonchev–Trinajstić information content (AvgIpc) is 2.72. The van der Waals surface area contributed by atoms with Gasteiger partial charge in [0.2, 0.25) is 0 Å². The van der Waals surface area contributed by atoms with Crippen molar-refractivity contribution in [1.82, 2.24) is 9.78 Å². The topological polar surface area (TPSA) is 39.1 Å². The van der Waals surface area contributed by atoms with Crippen LogP contribution < -0.4 is 5.32 Å². The lowest BCUT2D eigenvalue weighted by atomic mass is 10.1. The van der Waals surface area contributed by atoms with Crippen molar-refractivity contribution in [2.24, 2.45) is 0 Å². The number of anilines is 1. The van der Waals surface area contributed by atoms with E-state index in [0.717, 1.165) is 53.8 Å². The summed E-state index contributed by atoms with van der Waals surface area (Å²) in [5.74, 6) is 1.12. The summed E-state index contributed by atoms with van der Waals surface area (Å²) < 4.78 is 7.53. The highest BCUT2D eigenvalue weighted by Gasteiger charge is 2.20. The fourth-order valence-electron chi connectivity index (χ4n) is 2.99. The smallest absolute Gasteiger partial charge is 0.133 e. The zero-order valence-electron chi connectivity index (χ0n) is 13.9. The van der Waals surface area contributed by atoms with Crippen LogP contribution in [0.2, 0.25) is 5.02 Å². The van der Waals surface area contributed by atoms with Crippen molar-refractivity contribution < 1.29 is 4.74 Å². The summed E-state index contributed by atoms with van der Waals surface area (Å²) in [4.78, 5) is 0. The first kappa shape index (κ1) is 16.3. The molecule has 0 radical (unpaired) electrons. The number of fused-ring (bicyclic) bond motifs is 1. The normalized spacial score (nSPS) is 14.2. The standard InChI is InChI=1S/C18H24ClN3O/c1-3-23-11-9-17-15-6-4-5-10-20-18(15)22(21-17)14-8-7-13(2)16(19)12-14/h7-8,12,20H,3-6,9-11H2,1-2H3. The molecular weight excluding hydrogens is 310 g/mol. The van der Waals surface area contributed by atoms with E-state index in [1.807, 2.05) is 30.7 Å². The van der Waals surface area contributed by atoms with Crippen LogP contribution in [0, 0.1) is 6.92 Å². The number of benzene rings is 1. The maximum atomic E-state index is 6.31. The third-order valence-electron chi connectivity index (χ3n) is 4.30. The van der Waals surface area contributed by atoms with Crippen molar-refractivity contribution >= 4 is 17.4 Å². The number of rotatable bonds is 5. The molecule has 1 N–H and O–H groups in total. The molecule has 1 aliphatic heterocycles. The largest absolute Gasteiger partial charge is 0.381 e. The predicted molar refractivity (Wildman–Crippen MR) is 94.9 cm³/mol. The molecule has 0 amide bonds. The number of halogens is 1. The van der Waals surface area contributed by atoms with Crippen molar-refractivity contribution in [3.63, 3.8) is 0 Å². The van der Waals surface area contributed by atoms with Crippen LogP contribution in [-0.4, -0.2) is 29.5 Å². The number of aryl methyl sites for hydroxylation is 1. The van der Waals surface area contributed by atoms with Crippen LogP contribution in [0.4, 0.5) is 5.82 Å². The highest BCUT2D eigenvalue weighted by molar-refractivity contribution is 6.31. The zero-order chi connectivity index (χ0) is 16.2. The van der Waals surface area contributed by atoms with Gasteiger partial charge in [-0.05, 0) is 50.8 Å². The van der Waals surface area contributed by atoms with E-state index in [9.17, 15) is 0 Å². The minimum absolute atomic E-state index is 0.717. The molecule has 5 heteroatoms. The summed E-state index contributed by atoms with van der Waals surface area (Å²) in [6, 6.07) is 6.11. The van der Waals surface area contributed by atoms with Crippen molar-refractivity contribution in [3.05, 3.63) is 40.0 Å². The molecule has 4 nitrogen and oxygen atoms in total. The molecule has 0 saturated heterocycles. The second-order valence-electron chi connectivity index (χ2n) is 5.95. The van der Waals surface area contributed by atoms with Gasteiger partial charge >= 0.3 is 0 Å². The summed E-state index contributed by atoms with van der Waals surface area (Å²) in [7, 11) is 0. The SMILES string of the molecule is CCOCCc1nn(-c2ccc(C)c(Cl)c2)c2c1CCCCN2. The second kappa shape index (κ2) is 7.37. The maximum absolute atomic E-state index is 6.31. The van der Waals surface area contributed by atoms with Gasteiger partial charge in [-0.25, -0.2) is 4.68 Å². The van der Waals surface area contributed by atoms with E-state index >= 15 is 0 Å². The van der Waals surface area contributed by atoms with Crippen molar-refractivity contribution in [3.8, 4) is 5.69 Å². The van der Waals surface area contributed by atoms with E-state index < -0.39 is 0 Å². The Balaban J connectivity index is 1.99.